The number of rotatable bonds is 3. The summed E-state index contributed by atoms with van der Waals surface area (Å²) < 4.78 is 65.5. The molecule has 0 N–H and O–H groups in total. The fourth-order valence-electron chi connectivity index (χ4n) is 18.4. The van der Waals surface area contributed by atoms with E-state index in [-0.39, 0.29) is 33.8 Å². The molecule has 64 heavy (non-hydrogen) atoms. The fourth-order valence-corrected chi connectivity index (χ4v) is 18.4. The fraction of sp³-hybridized carbons (Fsp3) is 0.745. The molecule has 8 aliphatic carbocycles. The van der Waals surface area contributed by atoms with E-state index >= 15 is 0 Å². The van der Waals surface area contributed by atoms with Gasteiger partial charge in [-0.2, -0.15) is 0 Å². The van der Waals surface area contributed by atoms with Crippen LogP contribution in [0.15, 0.2) is 49.1 Å². The topological polar surface area (TPSA) is 62.7 Å². The van der Waals surface area contributed by atoms with Gasteiger partial charge in [0.25, 0.3) is 6.43 Å². The Morgan fingerprint density at radius 2 is 0.984 bits per heavy atom. The quantitative estimate of drug-likeness (QED) is 0.306. The van der Waals surface area contributed by atoms with Crippen molar-refractivity contribution in [3.8, 4) is 0 Å². The summed E-state index contributed by atoms with van der Waals surface area (Å²) in [7, 11) is 0. The number of hydrogen-bond donors (Lipinski definition) is 0. The first kappa shape index (κ1) is 43.9. The van der Waals surface area contributed by atoms with E-state index in [0.717, 1.165) is 87.4 Å². The lowest BCUT2D eigenvalue weighted by atomic mass is 9.43. The molecular formula is C55H73F3N2O4. The lowest BCUT2D eigenvalue weighted by Crippen LogP contribution is -2.59. The largest absolute Gasteiger partial charge is 0.347 e. The highest BCUT2D eigenvalue weighted by molar-refractivity contribution is 5.73. The van der Waals surface area contributed by atoms with E-state index in [2.05, 4.69) is 63.7 Å². The number of halogens is 3. The third kappa shape index (κ3) is 6.44. The Bertz CT molecular complexity index is 2170. The molecule has 8 fully saturated rings. The second-order valence-electron chi connectivity index (χ2n) is 23.5. The van der Waals surface area contributed by atoms with Crippen LogP contribution in [0.3, 0.4) is 0 Å². The maximum atomic E-state index is 13.9. The summed E-state index contributed by atoms with van der Waals surface area (Å²) >= 11 is 0. The zero-order valence-corrected chi connectivity index (χ0v) is 39.4. The van der Waals surface area contributed by atoms with Gasteiger partial charge >= 0.3 is 0 Å². The van der Waals surface area contributed by atoms with Crippen LogP contribution in [-0.2, 0) is 18.9 Å². The second-order valence-corrected chi connectivity index (χ2v) is 23.5. The van der Waals surface area contributed by atoms with Crippen LogP contribution in [-0.4, -0.2) is 48.0 Å². The summed E-state index contributed by atoms with van der Waals surface area (Å²) in [6.45, 7) is 17.7. The SMILES string of the molecule is CC1C2CC[C@@H]3[C@H](CC[C@]4(C)C(c5cncc(C(F)F)c5)=CC[C@@H]34)[C@@]2(C)CCC12OCCO2.CC1C2CC[C@@H]3[C@H](CC[C@]4(C)C(c5cncc(F)c5)=CC[C@@H]34)[C@@]2(C)CCC12OCCO2. The Morgan fingerprint density at radius 1 is 0.531 bits per heavy atom. The molecule has 6 saturated carbocycles. The van der Waals surface area contributed by atoms with Crippen molar-refractivity contribution < 1.29 is 32.1 Å². The second kappa shape index (κ2) is 15.7. The maximum Gasteiger partial charge on any atom is 0.265 e. The number of alkyl halides is 2. The Kier molecular flexibility index (Phi) is 10.8. The molecule has 10 aliphatic rings. The van der Waals surface area contributed by atoms with Crippen molar-refractivity contribution in [1.29, 1.82) is 0 Å². The van der Waals surface area contributed by atoms with Gasteiger partial charge in [-0.15, -0.1) is 0 Å². The predicted octanol–water partition coefficient (Wildman–Crippen LogP) is 13.3. The van der Waals surface area contributed by atoms with Crippen molar-refractivity contribution in [2.24, 2.45) is 80.8 Å². The molecule has 0 radical (unpaired) electrons. The molecule has 9 heteroatoms. The molecule has 0 aromatic carbocycles. The van der Waals surface area contributed by atoms with E-state index in [1.165, 1.54) is 81.3 Å². The van der Waals surface area contributed by atoms with Crippen molar-refractivity contribution in [3.05, 3.63) is 71.6 Å². The van der Waals surface area contributed by atoms with E-state index in [1.807, 2.05) is 6.20 Å². The molecule has 0 amide bonds. The molecular weight excluding hydrogens is 810 g/mol. The molecule has 2 spiro atoms. The molecule has 2 aromatic rings. The Morgan fingerprint density at radius 3 is 1.44 bits per heavy atom. The predicted molar refractivity (Wildman–Crippen MR) is 242 cm³/mol. The number of ether oxygens (including phenoxy) is 4. The van der Waals surface area contributed by atoms with Gasteiger partial charge in [-0.3, -0.25) is 9.97 Å². The van der Waals surface area contributed by atoms with Crippen molar-refractivity contribution in [2.75, 3.05) is 26.4 Å². The molecule has 348 valence electrons. The lowest BCUT2D eigenvalue weighted by Gasteiger charge is -2.63. The first-order valence-electron chi connectivity index (χ1n) is 25.5. The van der Waals surface area contributed by atoms with Gasteiger partial charge in [0.15, 0.2) is 11.6 Å². The van der Waals surface area contributed by atoms with Gasteiger partial charge < -0.3 is 18.9 Å². The molecule has 4 unspecified atom stereocenters. The van der Waals surface area contributed by atoms with Crippen LogP contribution < -0.4 is 0 Å². The number of nitrogens with zero attached hydrogens (tertiary/aromatic N) is 2. The van der Waals surface area contributed by atoms with Crippen molar-refractivity contribution in [3.63, 3.8) is 0 Å². The number of pyridine rings is 2. The van der Waals surface area contributed by atoms with Gasteiger partial charge in [-0.05, 0) is 180 Å². The zero-order chi connectivity index (χ0) is 44.4. The Labute approximate surface area is 380 Å². The Balaban J connectivity index is 0.000000143. The minimum atomic E-state index is -2.47. The van der Waals surface area contributed by atoms with Crippen LogP contribution in [0.4, 0.5) is 13.2 Å². The first-order valence-corrected chi connectivity index (χ1v) is 25.5. The molecule has 14 atom stereocenters. The third-order valence-corrected chi connectivity index (χ3v) is 21.6. The minimum absolute atomic E-state index is 0.0311. The summed E-state index contributed by atoms with van der Waals surface area (Å²) in [6.07, 6.45) is 25.2. The van der Waals surface area contributed by atoms with Gasteiger partial charge in [0.05, 0.1) is 32.6 Å². The molecule has 2 aliphatic heterocycles. The smallest absolute Gasteiger partial charge is 0.265 e. The average molecular weight is 883 g/mol. The van der Waals surface area contributed by atoms with E-state index in [0.29, 0.717) is 52.3 Å². The number of fused-ring (bicyclic) bond motifs is 10. The standard InChI is InChI=1S/C28H37F2NO2.C27H36FNO2/c1-17-21-5-4-20-23-7-6-22(18-14-19(25(29)30)16-31-15-18)26(23,2)9-8-24(20)27(21,3)10-11-28(17)32-12-13-33-28;1-17-21-5-4-20-23-7-6-22(18-14-19(28)16-29-15-18)25(23,2)9-8-24(20)26(21,3)10-11-27(17)30-12-13-31-27/h6,14-17,20-21,23-25H,4-5,7-13H2,1-3H3;6,14-17,20-21,23-24H,4-5,7-13H2,1-3H3/t17?,20-,21?,23-,24-,26+,27-;17?,20-,21?,23-,24-,25+,26-/m00/s1. The summed E-state index contributed by atoms with van der Waals surface area (Å²) in [5.74, 6) is 5.62. The van der Waals surface area contributed by atoms with Gasteiger partial charge in [-0.25, -0.2) is 13.2 Å². The van der Waals surface area contributed by atoms with Crippen LogP contribution in [0.1, 0.15) is 155 Å². The molecule has 6 nitrogen and oxygen atoms in total. The normalized spacial score (nSPS) is 44.7. The summed E-state index contributed by atoms with van der Waals surface area (Å²) in [5.41, 5.74) is 5.47. The van der Waals surface area contributed by atoms with Gasteiger partial charge in [0, 0.05) is 48.8 Å². The minimum Gasteiger partial charge on any atom is -0.347 e. The molecule has 0 bridgehead atoms. The molecule has 2 saturated heterocycles. The lowest BCUT2D eigenvalue weighted by molar-refractivity contribution is -0.262. The van der Waals surface area contributed by atoms with Crippen molar-refractivity contribution in [2.45, 2.75) is 149 Å². The highest BCUT2D eigenvalue weighted by atomic mass is 19.3. The number of hydrogen-bond acceptors (Lipinski definition) is 6. The number of allylic oxidation sites excluding steroid dienone is 4. The van der Waals surface area contributed by atoms with Crippen LogP contribution in [0, 0.1) is 86.7 Å². The van der Waals surface area contributed by atoms with Crippen LogP contribution in [0.2, 0.25) is 0 Å². The molecule has 2 aromatic heterocycles. The van der Waals surface area contributed by atoms with Gasteiger partial charge in [0.2, 0.25) is 0 Å². The summed E-state index contributed by atoms with van der Waals surface area (Å²) in [4.78, 5) is 8.31. The van der Waals surface area contributed by atoms with Crippen LogP contribution in [0.5, 0.6) is 0 Å². The molecule has 4 heterocycles. The first-order chi connectivity index (χ1) is 30.7. The van der Waals surface area contributed by atoms with E-state index in [4.69, 9.17) is 18.9 Å². The monoisotopic (exact) mass is 883 g/mol. The summed E-state index contributed by atoms with van der Waals surface area (Å²) in [6, 6.07) is 3.35. The summed E-state index contributed by atoms with van der Waals surface area (Å²) in [5, 5.41) is 0. The highest BCUT2D eigenvalue weighted by Crippen LogP contribution is 2.71. The van der Waals surface area contributed by atoms with E-state index in [1.54, 1.807) is 18.3 Å². The highest BCUT2D eigenvalue weighted by Gasteiger charge is 2.65. The van der Waals surface area contributed by atoms with Gasteiger partial charge in [-0.1, -0.05) is 53.7 Å². The van der Waals surface area contributed by atoms with Crippen LogP contribution >= 0.6 is 0 Å². The number of aromatic nitrogens is 2. The zero-order valence-electron chi connectivity index (χ0n) is 39.4. The van der Waals surface area contributed by atoms with Crippen molar-refractivity contribution >= 4 is 11.1 Å². The average Bonchev–Trinajstić information content (AvgIpc) is 4.10. The van der Waals surface area contributed by atoms with E-state index < -0.39 is 6.43 Å². The van der Waals surface area contributed by atoms with Crippen molar-refractivity contribution in [1.82, 2.24) is 9.97 Å². The molecule has 12 rings (SSSR count). The Hall–Kier alpha value is -2.59. The van der Waals surface area contributed by atoms with Crippen LogP contribution in [0.25, 0.3) is 11.1 Å². The maximum absolute atomic E-state index is 13.9. The van der Waals surface area contributed by atoms with E-state index in [9.17, 15) is 13.2 Å². The van der Waals surface area contributed by atoms with Gasteiger partial charge in [0.1, 0.15) is 5.82 Å². The third-order valence-electron chi connectivity index (χ3n) is 21.6.